The smallest absolute Gasteiger partial charge is 0.253 e. The van der Waals surface area contributed by atoms with E-state index < -0.39 is 10.0 Å². The molecule has 0 fully saturated rings. The molecule has 18 heavy (non-hydrogen) atoms. The molecule has 0 unspecified atom stereocenters. The molecule has 0 bridgehead atoms. The van der Waals surface area contributed by atoms with Crippen molar-refractivity contribution in [3.05, 3.63) is 47.9 Å². The van der Waals surface area contributed by atoms with Gasteiger partial charge in [0.1, 0.15) is 11.0 Å². The van der Waals surface area contributed by atoms with Gasteiger partial charge in [-0.25, -0.2) is 18.4 Å². The predicted molar refractivity (Wildman–Crippen MR) is 69.1 cm³/mol. The van der Waals surface area contributed by atoms with Gasteiger partial charge in [0.15, 0.2) is 0 Å². The number of aromatic nitrogens is 2. The second kappa shape index (κ2) is 4.91. The number of nitrogens with zero attached hydrogens (tertiary/aromatic N) is 3. The average molecular weight is 284 g/mol. The Morgan fingerprint density at radius 1 is 1.17 bits per heavy atom. The van der Waals surface area contributed by atoms with Crippen molar-refractivity contribution in [2.75, 3.05) is 11.4 Å². The average Bonchev–Trinajstić information content (AvgIpc) is 2.39. The van der Waals surface area contributed by atoms with Crippen LogP contribution in [-0.2, 0) is 10.0 Å². The van der Waals surface area contributed by atoms with E-state index in [1.165, 1.54) is 31.6 Å². The van der Waals surface area contributed by atoms with Crippen molar-refractivity contribution in [2.24, 2.45) is 0 Å². The molecule has 0 spiro atoms. The number of hydrogen-bond acceptors (Lipinski definition) is 4. The van der Waals surface area contributed by atoms with Crippen LogP contribution in [-0.4, -0.2) is 25.4 Å². The number of hydrogen-bond donors (Lipinski definition) is 0. The van der Waals surface area contributed by atoms with Gasteiger partial charge in [0.25, 0.3) is 10.0 Å². The highest BCUT2D eigenvalue weighted by atomic mass is 35.5. The maximum atomic E-state index is 12.3. The predicted octanol–water partition coefficient (Wildman–Crippen LogP) is 1.96. The van der Waals surface area contributed by atoms with Gasteiger partial charge in [-0.05, 0) is 24.3 Å². The van der Waals surface area contributed by atoms with Crippen LogP contribution >= 0.6 is 11.6 Å². The molecule has 0 saturated carbocycles. The minimum Gasteiger partial charge on any atom is -0.253 e. The standard InChI is InChI=1S/C11H10ClN3O2S/c1-15(11-4-2-3-6-14-11)18(16,17)9-5-7-13-10(12)8-9/h2-8H,1H3. The maximum Gasteiger partial charge on any atom is 0.265 e. The van der Waals surface area contributed by atoms with Crippen molar-refractivity contribution in [1.82, 2.24) is 9.97 Å². The van der Waals surface area contributed by atoms with E-state index in [-0.39, 0.29) is 10.0 Å². The first-order valence-electron chi connectivity index (χ1n) is 5.03. The zero-order chi connectivity index (χ0) is 13.2. The molecule has 0 amide bonds. The molecule has 0 atom stereocenters. The van der Waals surface area contributed by atoms with E-state index in [1.54, 1.807) is 18.2 Å². The fourth-order valence-electron chi connectivity index (χ4n) is 1.37. The van der Waals surface area contributed by atoms with Gasteiger partial charge in [-0.3, -0.25) is 4.31 Å². The normalized spacial score (nSPS) is 11.2. The molecule has 0 aliphatic heterocycles. The Kier molecular flexibility index (Phi) is 3.49. The summed E-state index contributed by atoms with van der Waals surface area (Å²) in [7, 11) is -2.23. The summed E-state index contributed by atoms with van der Waals surface area (Å²) in [5.74, 6) is 0.338. The van der Waals surface area contributed by atoms with E-state index in [0.717, 1.165) is 4.31 Å². The lowest BCUT2D eigenvalue weighted by Crippen LogP contribution is -2.27. The van der Waals surface area contributed by atoms with E-state index in [9.17, 15) is 8.42 Å². The molecule has 0 aliphatic rings. The summed E-state index contributed by atoms with van der Waals surface area (Å²) in [6.45, 7) is 0. The van der Waals surface area contributed by atoms with Crippen molar-refractivity contribution in [2.45, 2.75) is 4.90 Å². The Hall–Kier alpha value is -1.66. The third kappa shape index (κ3) is 2.44. The first-order valence-corrected chi connectivity index (χ1v) is 6.85. The van der Waals surface area contributed by atoms with Gasteiger partial charge >= 0.3 is 0 Å². The lowest BCUT2D eigenvalue weighted by Gasteiger charge is -2.18. The summed E-state index contributed by atoms with van der Waals surface area (Å²) < 4.78 is 25.7. The fraction of sp³-hybridized carbons (Fsp3) is 0.0909. The van der Waals surface area contributed by atoms with Crippen LogP contribution in [0.4, 0.5) is 5.82 Å². The molecule has 0 aromatic carbocycles. The highest BCUT2D eigenvalue weighted by Crippen LogP contribution is 2.20. The highest BCUT2D eigenvalue weighted by Gasteiger charge is 2.22. The van der Waals surface area contributed by atoms with Crippen molar-refractivity contribution < 1.29 is 8.42 Å². The van der Waals surface area contributed by atoms with Gasteiger partial charge in [0, 0.05) is 19.4 Å². The summed E-state index contributed by atoms with van der Waals surface area (Å²) in [6.07, 6.45) is 2.88. The van der Waals surface area contributed by atoms with E-state index in [2.05, 4.69) is 9.97 Å². The first-order chi connectivity index (χ1) is 8.51. The first kappa shape index (κ1) is 12.8. The van der Waals surface area contributed by atoms with E-state index in [4.69, 9.17) is 11.6 Å². The Morgan fingerprint density at radius 2 is 1.94 bits per heavy atom. The minimum absolute atomic E-state index is 0.0793. The Bertz CT molecular complexity index is 646. The van der Waals surface area contributed by atoms with Crippen LogP contribution < -0.4 is 4.31 Å². The zero-order valence-corrected chi connectivity index (χ0v) is 11.1. The zero-order valence-electron chi connectivity index (χ0n) is 9.49. The quantitative estimate of drug-likeness (QED) is 0.808. The van der Waals surface area contributed by atoms with Gasteiger partial charge in [-0.1, -0.05) is 17.7 Å². The van der Waals surface area contributed by atoms with Crippen LogP contribution in [0.3, 0.4) is 0 Å². The second-order valence-corrected chi connectivity index (χ2v) is 5.83. The molecular formula is C11H10ClN3O2S. The molecule has 7 heteroatoms. The van der Waals surface area contributed by atoms with Crippen molar-refractivity contribution in [3.63, 3.8) is 0 Å². The molecular weight excluding hydrogens is 274 g/mol. The Labute approximate surface area is 110 Å². The summed E-state index contributed by atoms with van der Waals surface area (Å²) >= 11 is 5.69. The number of anilines is 1. The maximum absolute atomic E-state index is 12.3. The molecule has 94 valence electrons. The van der Waals surface area contributed by atoms with Crippen LogP contribution in [0.1, 0.15) is 0 Å². The molecule has 5 nitrogen and oxygen atoms in total. The van der Waals surface area contributed by atoms with E-state index in [0.29, 0.717) is 5.82 Å². The van der Waals surface area contributed by atoms with E-state index >= 15 is 0 Å². The topological polar surface area (TPSA) is 63.2 Å². The molecule has 2 aromatic heterocycles. The summed E-state index contributed by atoms with van der Waals surface area (Å²) in [4.78, 5) is 7.82. The molecule has 2 rings (SSSR count). The van der Waals surface area contributed by atoms with Gasteiger partial charge in [0.05, 0.1) is 4.90 Å². The number of pyridine rings is 2. The van der Waals surface area contributed by atoms with Crippen LogP contribution in [0.25, 0.3) is 0 Å². The SMILES string of the molecule is CN(c1ccccn1)S(=O)(=O)c1ccnc(Cl)c1. The summed E-state index contributed by atoms with van der Waals surface area (Å²) in [5.41, 5.74) is 0. The van der Waals surface area contributed by atoms with Crippen molar-refractivity contribution in [1.29, 1.82) is 0 Å². The largest absolute Gasteiger partial charge is 0.265 e. The molecule has 0 N–H and O–H groups in total. The molecule has 0 saturated heterocycles. The van der Waals surface area contributed by atoms with E-state index in [1.807, 2.05) is 0 Å². The number of sulfonamides is 1. The van der Waals surface area contributed by atoms with Crippen molar-refractivity contribution >= 4 is 27.4 Å². The summed E-state index contributed by atoms with van der Waals surface area (Å²) in [5, 5.41) is 0.130. The Morgan fingerprint density at radius 3 is 2.56 bits per heavy atom. The van der Waals surface area contributed by atoms with Gasteiger partial charge in [0.2, 0.25) is 0 Å². The number of rotatable bonds is 3. The minimum atomic E-state index is -3.67. The number of halogens is 1. The van der Waals surface area contributed by atoms with Gasteiger partial charge < -0.3 is 0 Å². The van der Waals surface area contributed by atoms with Crippen molar-refractivity contribution in [3.8, 4) is 0 Å². The van der Waals surface area contributed by atoms with Crippen LogP contribution in [0, 0.1) is 0 Å². The van der Waals surface area contributed by atoms with Crippen LogP contribution in [0.2, 0.25) is 5.15 Å². The van der Waals surface area contributed by atoms with Gasteiger partial charge in [-0.2, -0.15) is 0 Å². The lowest BCUT2D eigenvalue weighted by atomic mass is 10.5. The van der Waals surface area contributed by atoms with Crippen LogP contribution in [0.5, 0.6) is 0 Å². The highest BCUT2D eigenvalue weighted by molar-refractivity contribution is 7.92. The fourth-order valence-corrected chi connectivity index (χ4v) is 2.77. The molecule has 2 aromatic rings. The monoisotopic (exact) mass is 283 g/mol. The second-order valence-electron chi connectivity index (χ2n) is 3.47. The molecule has 0 aliphatic carbocycles. The molecule has 2 heterocycles. The Balaban J connectivity index is 2.44. The lowest BCUT2D eigenvalue weighted by molar-refractivity contribution is 0.594. The third-order valence-corrected chi connectivity index (χ3v) is 4.29. The summed E-state index contributed by atoms with van der Waals surface area (Å²) in [6, 6.07) is 7.73. The van der Waals surface area contributed by atoms with Crippen LogP contribution in [0.15, 0.2) is 47.6 Å². The third-order valence-electron chi connectivity index (χ3n) is 2.33. The molecule has 0 radical (unpaired) electrons. The van der Waals surface area contributed by atoms with Gasteiger partial charge in [-0.15, -0.1) is 0 Å².